The largest absolute Gasteiger partial charge is 0.310 e. The van der Waals surface area contributed by atoms with Crippen molar-refractivity contribution < 1.29 is 0 Å². The lowest BCUT2D eigenvalue weighted by Gasteiger charge is -2.27. The molecule has 0 aliphatic heterocycles. The first kappa shape index (κ1) is 24.6. The maximum Gasteiger partial charge on any atom is 0.0468 e. The number of nitrogens with zero attached hydrogens (tertiary/aromatic N) is 1. The monoisotopic (exact) mass is 537 g/mol. The fourth-order valence-corrected chi connectivity index (χ4v) is 6.95. The molecule has 0 amide bonds. The number of rotatable bonds is 4. The molecule has 0 spiro atoms. The molecule has 0 aromatic heterocycles. The standard InChI is InChI=1S/C41H31N/c1-41(2)39-15-9-8-14-37(39)38-24-20-32-27-35(23-25-36(32)40(38)41)42(33-12-4-3-5-13-33)34-21-18-29(19-22-34)31-17-16-28-10-6-7-11-30(28)26-31/h3-27H,1-2H3. The van der Waals surface area contributed by atoms with Gasteiger partial charge in [0, 0.05) is 22.5 Å². The van der Waals surface area contributed by atoms with Crippen LogP contribution >= 0.6 is 0 Å². The molecule has 0 N–H and O–H groups in total. The molecule has 1 aliphatic rings. The van der Waals surface area contributed by atoms with Gasteiger partial charge < -0.3 is 4.90 Å². The van der Waals surface area contributed by atoms with Gasteiger partial charge >= 0.3 is 0 Å². The van der Waals surface area contributed by atoms with Gasteiger partial charge in [0.05, 0.1) is 0 Å². The number of hydrogen-bond donors (Lipinski definition) is 0. The predicted octanol–water partition coefficient (Wildman–Crippen LogP) is 11.4. The number of hydrogen-bond acceptors (Lipinski definition) is 1. The fourth-order valence-electron chi connectivity index (χ4n) is 6.95. The van der Waals surface area contributed by atoms with E-state index in [2.05, 4.69) is 170 Å². The van der Waals surface area contributed by atoms with Crippen molar-refractivity contribution in [3.8, 4) is 22.3 Å². The lowest BCUT2D eigenvalue weighted by Crippen LogP contribution is -2.15. The van der Waals surface area contributed by atoms with Gasteiger partial charge in [-0.3, -0.25) is 0 Å². The van der Waals surface area contributed by atoms with Crippen molar-refractivity contribution in [3.63, 3.8) is 0 Å². The Kier molecular flexibility index (Phi) is 5.55. The Labute approximate surface area is 247 Å². The van der Waals surface area contributed by atoms with E-state index in [0.717, 1.165) is 17.1 Å². The van der Waals surface area contributed by atoms with Crippen molar-refractivity contribution in [1.82, 2.24) is 0 Å². The van der Waals surface area contributed by atoms with Crippen LogP contribution < -0.4 is 4.90 Å². The second kappa shape index (κ2) is 9.46. The van der Waals surface area contributed by atoms with Gasteiger partial charge in [0.15, 0.2) is 0 Å². The molecular formula is C41H31N. The molecule has 8 rings (SSSR count). The molecule has 0 heterocycles. The van der Waals surface area contributed by atoms with Crippen molar-refractivity contribution in [3.05, 3.63) is 163 Å². The second-order valence-electron chi connectivity index (χ2n) is 11.8. The zero-order valence-electron chi connectivity index (χ0n) is 23.9. The lowest BCUT2D eigenvalue weighted by atomic mass is 9.80. The molecule has 1 aliphatic carbocycles. The van der Waals surface area contributed by atoms with Crippen LogP contribution in [0.5, 0.6) is 0 Å². The van der Waals surface area contributed by atoms with E-state index in [1.165, 1.54) is 54.9 Å². The summed E-state index contributed by atoms with van der Waals surface area (Å²) in [6.07, 6.45) is 0. The van der Waals surface area contributed by atoms with Crippen LogP contribution in [0.25, 0.3) is 43.8 Å². The molecule has 0 saturated carbocycles. The zero-order chi connectivity index (χ0) is 28.3. The minimum Gasteiger partial charge on any atom is -0.310 e. The van der Waals surface area contributed by atoms with Gasteiger partial charge in [0.25, 0.3) is 0 Å². The van der Waals surface area contributed by atoms with E-state index >= 15 is 0 Å². The van der Waals surface area contributed by atoms with E-state index in [4.69, 9.17) is 0 Å². The van der Waals surface area contributed by atoms with Gasteiger partial charge in [-0.2, -0.15) is 0 Å². The Balaban J connectivity index is 1.22. The van der Waals surface area contributed by atoms with E-state index in [0.29, 0.717) is 0 Å². The van der Waals surface area contributed by atoms with E-state index in [-0.39, 0.29) is 5.41 Å². The lowest BCUT2D eigenvalue weighted by molar-refractivity contribution is 0.666. The summed E-state index contributed by atoms with van der Waals surface area (Å²) in [5.41, 5.74) is 11.4. The van der Waals surface area contributed by atoms with Crippen LogP contribution in [0.15, 0.2) is 152 Å². The summed E-state index contributed by atoms with van der Waals surface area (Å²) in [5.74, 6) is 0. The van der Waals surface area contributed by atoms with Crippen molar-refractivity contribution in [2.24, 2.45) is 0 Å². The smallest absolute Gasteiger partial charge is 0.0468 e. The number of fused-ring (bicyclic) bond motifs is 6. The Bertz CT molecular complexity index is 2100. The number of anilines is 3. The summed E-state index contributed by atoms with van der Waals surface area (Å²) < 4.78 is 0. The topological polar surface area (TPSA) is 3.24 Å². The van der Waals surface area contributed by atoms with E-state index in [9.17, 15) is 0 Å². The highest BCUT2D eigenvalue weighted by atomic mass is 15.1. The first-order valence-electron chi connectivity index (χ1n) is 14.7. The molecule has 42 heavy (non-hydrogen) atoms. The molecule has 0 unspecified atom stereocenters. The molecule has 7 aromatic carbocycles. The van der Waals surface area contributed by atoms with Crippen LogP contribution in [0, 0.1) is 0 Å². The maximum atomic E-state index is 2.36. The second-order valence-corrected chi connectivity index (χ2v) is 11.8. The zero-order valence-corrected chi connectivity index (χ0v) is 23.9. The Morgan fingerprint density at radius 3 is 1.90 bits per heavy atom. The summed E-state index contributed by atoms with van der Waals surface area (Å²) >= 11 is 0. The van der Waals surface area contributed by atoms with Gasteiger partial charge in [0.1, 0.15) is 0 Å². The molecule has 1 heteroatoms. The van der Waals surface area contributed by atoms with Crippen LogP contribution in [0.2, 0.25) is 0 Å². The van der Waals surface area contributed by atoms with Gasteiger partial charge in [0.2, 0.25) is 0 Å². The highest BCUT2D eigenvalue weighted by Gasteiger charge is 2.36. The highest BCUT2D eigenvalue weighted by molar-refractivity contribution is 5.99. The van der Waals surface area contributed by atoms with Crippen molar-refractivity contribution in [2.75, 3.05) is 4.90 Å². The third kappa shape index (κ3) is 3.85. The Morgan fingerprint density at radius 2 is 1.07 bits per heavy atom. The Hall–Kier alpha value is -5.14. The molecule has 1 nitrogen and oxygen atoms in total. The quantitative estimate of drug-likeness (QED) is 0.216. The first-order valence-corrected chi connectivity index (χ1v) is 14.7. The minimum atomic E-state index is -0.0370. The SMILES string of the molecule is CC1(C)c2ccccc2-c2ccc3cc(N(c4ccccc4)c4ccc(-c5ccc6ccccc6c5)cc4)ccc3c21. The Morgan fingerprint density at radius 1 is 0.429 bits per heavy atom. The van der Waals surface area contributed by atoms with Crippen LogP contribution in [0.3, 0.4) is 0 Å². The molecule has 0 saturated heterocycles. The first-order chi connectivity index (χ1) is 20.6. The van der Waals surface area contributed by atoms with Crippen LogP contribution in [-0.4, -0.2) is 0 Å². The van der Waals surface area contributed by atoms with E-state index in [1.54, 1.807) is 0 Å². The number of benzene rings is 7. The summed E-state index contributed by atoms with van der Waals surface area (Å²) in [6.45, 7) is 4.72. The van der Waals surface area contributed by atoms with Gasteiger partial charge in [-0.25, -0.2) is 0 Å². The molecular weight excluding hydrogens is 506 g/mol. The maximum absolute atomic E-state index is 2.36. The molecule has 0 fully saturated rings. The third-order valence-electron chi connectivity index (χ3n) is 9.00. The molecule has 7 aromatic rings. The molecule has 0 radical (unpaired) electrons. The normalized spacial score (nSPS) is 13.2. The van der Waals surface area contributed by atoms with E-state index in [1.807, 2.05) is 0 Å². The minimum absolute atomic E-state index is 0.0370. The van der Waals surface area contributed by atoms with Gasteiger partial charge in [-0.1, -0.05) is 123 Å². The molecule has 200 valence electrons. The summed E-state index contributed by atoms with van der Waals surface area (Å²) in [7, 11) is 0. The van der Waals surface area contributed by atoms with Crippen molar-refractivity contribution in [2.45, 2.75) is 19.3 Å². The predicted molar refractivity (Wildman–Crippen MR) is 179 cm³/mol. The summed E-state index contributed by atoms with van der Waals surface area (Å²) in [4.78, 5) is 2.36. The van der Waals surface area contributed by atoms with Crippen LogP contribution in [0.4, 0.5) is 17.1 Å². The average Bonchev–Trinajstić information content (AvgIpc) is 3.28. The fraction of sp³-hybridized carbons (Fsp3) is 0.0732. The highest BCUT2D eigenvalue weighted by Crippen LogP contribution is 2.51. The van der Waals surface area contributed by atoms with Crippen molar-refractivity contribution >= 4 is 38.6 Å². The summed E-state index contributed by atoms with van der Waals surface area (Å²) in [6, 6.07) is 55.3. The molecule has 0 bridgehead atoms. The third-order valence-corrected chi connectivity index (χ3v) is 9.00. The summed E-state index contributed by atoms with van der Waals surface area (Å²) in [5, 5.41) is 5.12. The van der Waals surface area contributed by atoms with Crippen LogP contribution in [0.1, 0.15) is 25.0 Å². The average molecular weight is 538 g/mol. The van der Waals surface area contributed by atoms with Gasteiger partial charge in [-0.05, 0) is 97.4 Å². The van der Waals surface area contributed by atoms with Crippen molar-refractivity contribution in [1.29, 1.82) is 0 Å². The van der Waals surface area contributed by atoms with Crippen LogP contribution in [-0.2, 0) is 5.41 Å². The van der Waals surface area contributed by atoms with E-state index < -0.39 is 0 Å². The molecule has 0 atom stereocenters. The number of para-hydroxylation sites is 1. The van der Waals surface area contributed by atoms with Gasteiger partial charge in [-0.15, -0.1) is 0 Å².